The summed E-state index contributed by atoms with van der Waals surface area (Å²) in [6.07, 6.45) is 0. The van der Waals surface area contributed by atoms with Gasteiger partial charge in [-0.25, -0.2) is 4.39 Å². The predicted molar refractivity (Wildman–Crippen MR) is 79.5 cm³/mol. The maximum atomic E-state index is 13.5. The van der Waals surface area contributed by atoms with Gasteiger partial charge >= 0.3 is 0 Å². The number of amides is 1. The molecule has 1 aromatic heterocycles. The molecule has 4 nitrogen and oxygen atoms in total. The average Bonchev–Trinajstić information content (AvgIpc) is 2.88. The van der Waals surface area contributed by atoms with Gasteiger partial charge in [-0.15, -0.1) is 11.3 Å². The number of carbonyl (C=O) groups excluding carboxylic acids is 1. The molecule has 21 heavy (non-hydrogen) atoms. The molecular weight excluding hydrogens is 289 g/mol. The molecule has 0 saturated carbocycles. The number of hydrogen-bond acceptors (Lipinski definition) is 3. The van der Waals surface area contributed by atoms with Crippen molar-refractivity contribution >= 4 is 22.2 Å². The summed E-state index contributed by atoms with van der Waals surface area (Å²) in [6, 6.07) is 10.2. The van der Waals surface area contributed by atoms with E-state index in [4.69, 9.17) is 5.26 Å². The summed E-state index contributed by atoms with van der Waals surface area (Å²) in [5.74, 6) is -0.454. The number of hydrogen-bond donors (Lipinski definition) is 2. The first-order valence-electron chi connectivity index (χ1n) is 6.42. The molecule has 2 rings (SSSR count). The van der Waals surface area contributed by atoms with Crippen molar-refractivity contribution in [1.29, 1.82) is 5.26 Å². The van der Waals surface area contributed by atoms with Crippen LogP contribution in [0.15, 0.2) is 35.7 Å². The van der Waals surface area contributed by atoms with Gasteiger partial charge in [-0.1, -0.05) is 18.2 Å². The second-order valence-corrected chi connectivity index (χ2v) is 5.64. The van der Waals surface area contributed by atoms with Crippen LogP contribution in [0.25, 0.3) is 0 Å². The third-order valence-corrected chi connectivity index (χ3v) is 3.78. The van der Waals surface area contributed by atoms with Crippen LogP contribution in [-0.2, 0) is 11.3 Å². The zero-order chi connectivity index (χ0) is 15.2. The van der Waals surface area contributed by atoms with Crippen molar-refractivity contribution in [2.24, 2.45) is 0 Å². The smallest absolute Gasteiger partial charge is 0.280 e. The summed E-state index contributed by atoms with van der Waals surface area (Å²) in [7, 11) is 1.83. The first-order valence-corrected chi connectivity index (χ1v) is 7.30. The van der Waals surface area contributed by atoms with E-state index in [0.29, 0.717) is 22.7 Å². The average molecular weight is 304 g/mol. The van der Waals surface area contributed by atoms with Gasteiger partial charge < -0.3 is 10.2 Å². The number of nitriles is 1. The van der Waals surface area contributed by atoms with Crippen LogP contribution in [0, 0.1) is 17.1 Å². The molecule has 1 aromatic carbocycles. The van der Waals surface area contributed by atoms with Gasteiger partial charge in [0.25, 0.3) is 5.91 Å². The number of halogens is 1. The highest BCUT2D eigenvalue weighted by Gasteiger charge is 2.14. The Morgan fingerprint density at radius 1 is 1.43 bits per heavy atom. The molecule has 0 radical (unpaired) electrons. The van der Waals surface area contributed by atoms with E-state index in [0.717, 1.165) is 4.90 Å². The summed E-state index contributed by atoms with van der Waals surface area (Å²) in [6.45, 7) is 0.632. The third-order valence-electron chi connectivity index (χ3n) is 2.95. The molecule has 0 aliphatic carbocycles. The van der Waals surface area contributed by atoms with Gasteiger partial charge in [0.2, 0.25) is 0 Å². The van der Waals surface area contributed by atoms with Gasteiger partial charge in [0.05, 0.1) is 12.6 Å². The normalized spacial score (nSPS) is 11.7. The number of quaternary nitrogens is 1. The molecule has 0 aliphatic heterocycles. The van der Waals surface area contributed by atoms with Gasteiger partial charge in [0, 0.05) is 5.56 Å². The summed E-state index contributed by atoms with van der Waals surface area (Å²) in [5, 5.41) is 13.9. The highest BCUT2D eigenvalue weighted by molar-refractivity contribution is 7.14. The van der Waals surface area contributed by atoms with Crippen LogP contribution in [0.2, 0.25) is 0 Å². The minimum absolute atomic E-state index is 0.192. The number of thiophene rings is 1. The summed E-state index contributed by atoms with van der Waals surface area (Å²) in [5.41, 5.74) is 1.04. The molecule has 2 N–H and O–H groups in total. The van der Waals surface area contributed by atoms with Crippen molar-refractivity contribution in [2.45, 2.75) is 6.54 Å². The van der Waals surface area contributed by atoms with Crippen LogP contribution in [0.1, 0.15) is 11.1 Å². The molecule has 2 aromatic rings. The Morgan fingerprint density at radius 3 is 2.90 bits per heavy atom. The standard InChI is InChI=1S/C15H14FN3OS/c1-19(9-12-4-2-3-5-13(12)16)10-14(20)18-15-11(8-17)6-7-21-15/h2-7H,9-10H2,1H3,(H,18,20)/p+1. The molecule has 0 spiro atoms. The molecule has 108 valence electrons. The lowest BCUT2D eigenvalue weighted by Gasteiger charge is -2.14. The van der Waals surface area contributed by atoms with Crippen LogP contribution in [0.3, 0.4) is 0 Å². The quantitative estimate of drug-likeness (QED) is 0.877. The number of likely N-dealkylation sites (N-methyl/N-ethyl adjacent to an activating group) is 1. The molecule has 6 heteroatoms. The highest BCUT2D eigenvalue weighted by Crippen LogP contribution is 2.21. The summed E-state index contributed by atoms with van der Waals surface area (Å²) >= 11 is 1.31. The Balaban J connectivity index is 1.91. The lowest BCUT2D eigenvalue weighted by molar-refractivity contribution is -0.885. The van der Waals surface area contributed by atoms with E-state index >= 15 is 0 Å². The zero-order valence-corrected chi connectivity index (χ0v) is 12.3. The lowest BCUT2D eigenvalue weighted by atomic mass is 10.2. The van der Waals surface area contributed by atoms with E-state index in [9.17, 15) is 9.18 Å². The molecule has 0 saturated heterocycles. The summed E-state index contributed by atoms with van der Waals surface area (Å²) in [4.78, 5) is 12.8. The van der Waals surface area contributed by atoms with Gasteiger partial charge in [-0.2, -0.15) is 5.26 Å². The third kappa shape index (κ3) is 4.12. The number of carbonyl (C=O) groups is 1. The van der Waals surface area contributed by atoms with Crippen molar-refractivity contribution in [3.63, 3.8) is 0 Å². The highest BCUT2D eigenvalue weighted by atomic mass is 32.1. The minimum atomic E-state index is -0.262. The number of anilines is 1. The molecule has 1 unspecified atom stereocenters. The largest absolute Gasteiger partial charge is 0.326 e. The Kier molecular flexibility index (Phi) is 5.04. The van der Waals surface area contributed by atoms with Gasteiger partial charge in [0.15, 0.2) is 6.54 Å². The van der Waals surface area contributed by atoms with Gasteiger partial charge in [-0.05, 0) is 17.5 Å². The molecule has 1 heterocycles. The Hall–Kier alpha value is -2.23. The monoisotopic (exact) mass is 304 g/mol. The van der Waals surface area contributed by atoms with Crippen LogP contribution in [0.4, 0.5) is 9.39 Å². The van der Waals surface area contributed by atoms with E-state index in [1.54, 1.807) is 29.6 Å². The first-order chi connectivity index (χ1) is 10.1. The molecule has 1 atom stereocenters. The minimum Gasteiger partial charge on any atom is -0.326 e. The van der Waals surface area contributed by atoms with Crippen molar-refractivity contribution < 1.29 is 14.1 Å². The van der Waals surface area contributed by atoms with E-state index < -0.39 is 0 Å². The fourth-order valence-corrected chi connectivity index (χ4v) is 2.72. The molecule has 0 bridgehead atoms. The summed E-state index contributed by atoms with van der Waals surface area (Å²) < 4.78 is 13.5. The predicted octanol–water partition coefficient (Wildman–Crippen LogP) is 1.41. The first kappa shape index (κ1) is 15.2. The van der Waals surface area contributed by atoms with Crippen LogP contribution in [0.5, 0.6) is 0 Å². The van der Waals surface area contributed by atoms with Crippen molar-refractivity contribution in [3.8, 4) is 6.07 Å². The van der Waals surface area contributed by atoms with Crippen molar-refractivity contribution in [2.75, 3.05) is 18.9 Å². The maximum absolute atomic E-state index is 13.5. The molecule has 0 fully saturated rings. The van der Waals surface area contributed by atoms with Crippen molar-refractivity contribution in [1.82, 2.24) is 0 Å². The van der Waals surface area contributed by atoms with E-state index in [1.807, 2.05) is 13.1 Å². The zero-order valence-electron chi connectivity index (χ0n) is 11.5. The SMILES string of the molecule is C[NH+](CC(=O)Nc1sccc1C#N)Cc1ccccc1F. The van der Waals surface area contributed by atoms with Crippen LogP contribution >= 0.6 is 11.3 Å². The van der Waals surface area contributed by atoms with E-state index in [2.05, 4.69) is 5.32 Å². The van der Waals surface area contributed by atoms with E-state index in [-0.39, 0.29) is 18.3 Å². The molecule has 0 aliphatic rings. The fraction of sp³-hybridized carbons (Fsp3) is 0.200. The Bertz CT molecular complexity index is 678. The van der Waals surface area contributed by atoms with Crippen molar-refractivity contribution in [3.05, 3.63) is 52.7 Å². The van der Waals surface area contributed by atoms with E-state index in [1.165, 1.54) is 17.4 Å². The topological polar surface area (TPSA) is 57.3 Å². The lowest BCUT2D eigenvalue weighted by Crippen LogP contribution is -3.08. The number of rotatable bonds is 5. The number of nitrogens with one attached hydrogen (secondary N) is 2. The second-order valence-electron chi connectivity index (χ2n) is 4.73. The van der Waals surface area contributed by atoms with Gasteiger partial charge in [-0.3, -0.25) is 4.79 Å². The second kappa shape index (κ2) is 6.97. The maximum Gasteiger partial charge on any atom is 0.280 e. The Labute approximate surface area is 126 Å². The van der Waals surface area contributed by atoms with Crippen LogP contribution < -0.4 is 10.2 Å². The number of benzene rings is 1. The van der Waals surface area contributed by atoms with Gasteiger partial charge in [0.1, 0.15) is 23.4 Å². The fourth-order valence-electron chi connectivity index (χ4n) is 1.97. The Morgan fingerprint density at radius 2 is 2.19 bits per heavy atom. The van der Waals surface area contributed by atoms with Crippen LogP contribution in [-0.4, -0.2) is 19.5 Å². The molecule has 1 amide bonds. The molecular formula is C15H15FN3OS+. The number of nitrogens with zero attached hydrogens (tertiary/aromatic N) is 1.